The lowest BCUT2D eigenvalue weighted by Crippen LogP contribution is -2.42. The first-order valence-corrected chi connectivity index (χ1v) is 10.4. The number of carbonyl (C=O) groups excluding carboxylic acids is 2. The lowest BCUT2D eigenvalue weighted by Gasteiger charge is -2.27. The van der Waals surface area contributed by atoms with Crippen molar-refractivity contribution < 1.29 is 19.1 Å². The van der Waals surface area contributed by atoms with Gasteiger partial charge in [0.05, 0.1) is 24.1 Å². The molecule has 30 heavy (non-hydrogen) atoms. The first kappa shape index (κ1) is 21.7. The number of nitrogens with zero attached hydrogens (tertiary/aromatic N) is 1. The number of carbonyl (C=O) groups is 2. The third-order valence-electron chi connectivity index (χ3n) is 4.99. The summed E-state index contributed by atoms with van der Waals surface area (Å²) in [6.07, 6.45) is 1.08. The van der Waals surface area contributed by atoms with Crippen LogP contribution in [0.15, 0.2) is 42.5 Å². The van der Waals surface area contributed by atoms with Crippen molar-refractivity contribution in [1.82, 2.24) is 0 Å². The Kier molecular flexibility index (Phi) is 6.65. The van der Waals surface area contributed by atoms with Gasteiger partial charge in [0.25, 0.3) is 0 Å². The molecule has 6 nitrogen and oxygen atoms in total. The van der Waals surface area contributed by atoms with Crippen LogP contribution in [0.1, 0.15) is 39.7 Å². The Morgan fingerprint density at radius 2 is 1.90 bits per heavy atom. The van der Waals surface area contributed by atoms with Crippen molar-refractivity contribution >= 4 is 23.2 Å². The van der Waals surface area contributed by atoms with Gasteiger partial charge in [0.1, 0.15) is 18.1 Å². The van der Waals surface area contributed by atoms with E-state index >= 15 is 0 Å². The number of benzene rings is 2. The molecular weight excluding hydrogens is 380 g/mol. The van der Waals surface area contributed by atoms with Crippen LogP contribution in [0.4, 0.5) is 11.4 Å². The molecule has 0 aliphatic carbocycles. The van der Waals surface area contributed by atoms with Gasteiger partial charge in [-0.2, -0.15) is 0 Å². The number of rotatable bonds is 7. The molecule has 2 amide bonds. The number of ether oxygens (including phenoxy) is 2. The van der Waals surface area contributed by atoms with Crippen molar-refractivity contribution in [2.45, 2.75) is 40.5 Å². The summed E-state index contributed by atoms with van der Waals surface area (Å²) in [6, 6.07) is 12.9. The topological polar surface area (TPSA) is 67.9 Å². The van der Waals surface area contributed by atoms with Gasteiger partial charge in [-0.05, 0) is 63.1 Å². The zero-order valence-corrected chi connectivity index (χ0v) is 18.2. The summed E-state index contributed by atoms with van der Waals surface area (Å²) in [6.45, 7) is 9.28. The van der Waals surface area contributed by atoms with Gasteiger partial charge in [-0.25, -0.2) is 0 Å². The largest absolute Gasteiger partial charge is 0.494 e. The van der Waals surface area contributed by atoms with E-state index in [9.17, 15) is 9.59 Å². The molecule has 3 rings (SSSR count). The molecule has 0 fully saturated rings. The maximum atomic E-state index is 13.0. The van der Waals surface area contributed by atoms with Crippen LogP contribution in [-0.2, 0) is 16.0 Å². The second kappa shape index (κ2) is 9.20. The molecule has 0 bridgehead atoms. The molecule has 1 heterocycles. The Bertz CT molecular complexity index is 906. The van der Waals surface area contributed by atoms with E-state index in [-0.39, 0.29) is 18.2 Å². The van der Waals surface area contributed by atoms with Crippen LogP contribution in [0.2, 0.25) is 0 Å². The number of amides is 2. The zero-order chi connectivity index (χ0) is 21.7. The van der Waals surface area contributed by atoms with Gasteiger partial charge in [0.2, 0.25) is 11.8 Å². The summed E-state index contributed by atoms with van der Waals surface area (Å²) < 4.78 is 11.3. The van der Waals surface area contributed by atoms with E-state index in [0.717, 1.165) is 17.7 Å². The van der Waals surface area contributed by atoms with Crippen molar-refractivity contribution in [2.24, 2.45) is 5.41 Å². The number of hydrogen-bond donors (Lipinski definition) is 1. The Hall–Kier alpha value is -3.02. The van der Waals surface area contributed by atoms with E-state index < -0.39 is 5.41 Å². The second-order valence-electron chi connectivity index (χ2n) is 8.11. The molecule has 0 radical (unpaired) electrons. The smallest absolute Gasteiger partial charge is 0.236 e. The van der Waals surface area contributed by atoms with E-state index in [1.165, 1.54) is 0 Å². The average molecular weight is 411 g/mol. The zero-order valence-electron chi connectivity index (χ0n) is 18.2. The third-order valence-corrected chi connectivity index (χ3v) is 4.99. The van der Waals surface area contributed by atoms with Crippen LogP contribution in [0.5, 0.6) is 11.5 Å². The quantitative estimate of drug-likeness (QED) is 0.733. The summed E-state index contributed by atoms with van der Waals surface area (Å²) in [5.41, 5.74) is 1.64. The monoisotopic (exact) mass is 410 g/mol. The summed E-state index contributed by atoms with van der Waals surface area (Å²) in [4.78, 5) is 27.3. The molecule has 1 aliphatic rings. The van der Waals surface area contributed by atoms with Crippen LogP contribution in [0.3, 0.4) is 0 Å². The fourth-order valence-corrected chi connectivity index (χ4v) is 3.43. The molecule has 0 atom stereocenters. The molecule has 0 saturated carbocycles. The van der Waals surface area contributed by atoms with Crippen molar-refractivity contribution in [3.63, 3.8) is 0 Å². The maximum absolute atomic E-state index is 13.0. The number of anilines is 2. The Morgan fingerprint density at radius 1 is 1.17 bits per heavy atom. The summed E-state index contributed by atoms with van der Waals surface area (Å²) in [7, 11) is 0. The Labute approximate surface area is 178 Å². The second-order valence-corrected chi connectivity index (χ2v) is 8.11. The Balaban J connectivity index is 1.76. The predicted molar refractivity (Wildman–Crippen MR) is 118 cm³/mol. The fourth-order valence-electron chi connectivity index (χ4n) is 3.43. The maximum Gasteiger partial charge on any atom is 0.236 e. The van der Waals surface area contributed by atoms with Crippen LogP contribution >= 0.6 is 0 Å². The molecule has 1 N–H and O–H groups in total. The van der Waals surface area contributed by atoms with Crippen molar-refractivity contribution in [3.8, 4) is 11.5 Å². The van der Waals surface area contributed by atoms with Gasteiger partial charge < -0.3 is 19.7 Å². The van der Waals surface area contributed by atoms with E-state index in [4.69, 9.17) is 9.47 Å². The van der Waals surface area contributed by atoms with Gasteiger partial charge in [0.15, 0.2) is 0 Å². The van der Waals surface area contributed by atoms with Crippen molar-refractivity contribution in [1.29, 1.82) is 0 Å². The molecular formula is C24H30N2O4. The highest BCUT2D eigenvalue weighted by atomic mass is 16.5. The van der Waals surface area contributed by atoms with Gasteiger partial charge in [-0.1, -0.05) is 19.1 Å². The molecule has 6 heteroatoms. The molecule has 1 aliphatic heterocycles. The highest BCUT2D eigenvalue weighted by Gasteiger charge is 2.37. The molecule has 0 aromatic heterocycles. The standard InChI is InChI=1S/C24H30N2O4/c1-5-13-26-20-15-18(9-12-21(20)30-16-24(3,4)23(26)28)25-22(27)14-17-7-10-19(11-8-17)29-6-2/h7-12,15H,5-6,13-14,16H2,1-4H3,(H,25,27). The summed E-state index contributed by atoms with van der Waals surface area (Å²) >= 11 is 0. The number of fused-ring (bicyclic) bond motifs is 1. The SMILES string of the molecule is CCCN1C(=O)C(C)(C)COc2ccc(NC(=O)Cc3ccc(OCC)cc3)cc21. The minimum absolute atomic E-state index is 0.0287. The average Bonchev–Trinajstić information content (AvgIpc) is 2.80. The molecule has 0 spiro atoms. The fraction of sp³-hybridized carbons (Fsp3) is 0.417. The van der Waals surface area contributed by atoms with Gasteiger partial charge in [0, 0.05) is 12.2 Å². The highest BCUT2D eigenvalue weighted by Crippen LogP contribution is 2.38. The van der Waals surface area contributed by atoms with Crippen LogP contribution in [0.25, 0.3) is 0 Å². The van der Waals surface area contributed by atoms with Crippen molar-refractivity contribution in [2.75, 3.05) is 30.0 Å². The molecule has 0 saturated heterocycles. The van der Waals surface area contributed by atoms with Gasteiger partial charge in [-0.15, -0.1) is 0 Å². The normalized spacial score (nSPS) is 15.1. The first-order chi connectivity index (χ1) is 14.3. The minimum atomic E-state index is -0.606. The van der Waals surface area contributed by atoms with Gasteiger partial charge >= 0.3 is 0 Å². The van der Waals surface area contributed by atoms with E-state index in [0.29, 0.717) is 36.9 Å². The molecule has 160 valence electrons. The van der Waals surface area contributed by atoms with Crippen LogP contribution in [-0.4, -0.2) is 31.6 Å². The van der Waals surface area contributed by atoms with Gasteiger partial charge in [-0.3, -0.25) is 9.59 Å². The summed E-state index contributed by atoms with van der Waals surface area (Å²) in [5.74, 6) is 1.35. The third kappa shape index (κ3) is 4.93. The summed E-state index contributed by atoms with van der Waals surface area (Å²) in [5, 5.41) is 2.94. The molecule has 2 aromatic rings. The van der Waals surface area contributed by atoms with Crippen molar-refractivity contribution in [3.05, 3.63) is 48.0 Å². The minimum Gasteiger partial charge on any atom is -0.494 e. The first-order valence-electron chi connectivity index (χ1n) is 10.4. The predicted octanol–water partition coefficient (Wildman–Crippen LogP) is 4.43. The van der Waals surface area contributed by atoms with E-state index in [1.54, 1.807) is 4.90 Å². The molecule has 0 unspecified atom stereocenters. The highest BCUT2D eigenvalue weighted by molar-refractivity contribution is 6.00. The number of nitrogens with one attached hydrogen (secondary N) is 1. The molecule has 2 aromatic carbocycles. The van der Waals surface area contributed by atoms with E-state index in [1.807, 2.05) is 70.2 Å². The Morgan fingerprint density at radius 3 is 2.57 bits per heavy atom. The van der Waals surface area contributed by atoms with E-state index in [2.05, 4.69) is 5.32 Å². The number of hydrogen-bond acceptors (Lipinski definition) is 4. The van der Waals surface area contributed by atoms with Crippen LogP contribution < -0.4 is 19.7 Å². The lowest BCUT2D eigenvalue weighted by molar-refractivity contribution is -0.127. The lowest BCUT2D eigenvalue weighted by atomic mass is 9.93. The van der Waals surface area contributed by atoms with Crippen LogP contribution in [0, 0.1) is 5.41 Å².